The summed E-state index contributed by atoms with van der Waals surface area (Å²) in [4.78, 5) is 5.15. The maximum absolute atomic E-state index is 3.47. The summed E-state index contributed by atoms with van der Waals surface area (Å²) in [7, 11) is 0. The van der Waals surface area contributed by atoms with Crippen molar-refractivity contribution in [1.82, 2.24) is 9.80 Å². The van der Waals surface area contributed by atoms with E-state index in [4.69, 9.17) is 0 Å². The van der Waals surface area contributed by atoms with Gasteiger partial charge in [-0.1, -0.05) is 29.3 Å². The Hall–Kier alpha value is 0.400. The van der Waals surface area contributed by atoms with Crippen LogP contribution >= 0.6 is 15.9 Å². The Morgan fingerprint density at radius 3 is 2.14 bits per heavy atom. The van der Waals surface area contributed by atoms with Gasteiger partial charge < -0.3 is 9.80 Å². The number of nitrogens with zero attached hydrogens (tertiary/aromatic N) is 2. The average molecular weight is 263 g/mol. The summed E-state index contributed by atoms with van der Waals surface area (Å²) >= 11 is 3.47. The Kier molecular flexibility index (Phi) is 6.82. The van der Waals surface area contributed by atoms with Gasteiger partial charge in [0.2, 0.25) is 0 Å². The van der Waals surface area contributed by atoms with E-state index in [-0.39, 0.29) is 0 Å². The molecule has 3 heteroatoms. The maximum Gasteiger partial charge on any atom is 0.0110 e. The summed E-state index contributed by atoms with van der Waals surface area (Å²) in [5.41, 5.74) is 0. The average Bonchev–Trinajstić information content (AvgIpc) is 2.25. The minimum atomic E-state index is 1.16. The third-order valence-corrected chi connectivity index (χ3v) is 3.58. The standard InChI is InChI=1S/C11H23BrN2/c1-2-13-8-10-14(11-9-13)7-5-3-4-6-12/h2-11H2,1H3. The highest BCUT2D eigenvalue weighted by molar-refractivity contribution is 9.09. The van der Waals surface area contributed by atoms with Crippen LogP contribution in [0, 0.1) is 0 Å². The molecule has 0 aliphatic carbocycles. The molecule has 0 atom stereocenters. The van der Waals surface area contributed by atoms with E-state index in [1.165, 1.54) is 58.5 Å². The lowest BCUT2D eigenvalue weighted by atomic mass is 10.2. The molecule has 0 spiro atoms. The Bertz CT molecular complexity index is 133. The third kappa shape index (κ3) is 4.76. The lowest BCUT2D eigenvalue weighted by Crippen LogP contribution is -2.46. The van der Waals surface area contributed by atoms with Crippen LogP contribution in [0.2, 0.25) is 0 Å². The number of unbranched alkanes of at least 4 members (excludes halogenated alkanes) is 2. The van der Waals surface area contributed by atoms with E-state index < -0.39 is 0 Å². The summed E-state index contributed by atoms with van der Waals surface area (Å²) in [6.07, 6.45) is 4.08. The Morgan fingerprint density at radius 2 is 1.57 bits per heavy atom. The Morgan fingerprint density at radius 1 is 0.929 bits per heavy atom. The van der Waals surface area contributed by atoms with Crippen molar-refractivity contribution >= 4 is 15.9 Å². The molecule has 0 aromatic carbocycles. The fraction of sp³-hybridized carbons (Fsp3) is 1.00. The lowest BCUT2D eigenvalue weighted by Gasteiger charge is -2.33. The van der Waals surface area contributed by atoms with E-state index in [1.807, 2.05) is 0 Å². The minimum absolute atomic E-state index is 1.16. The molecule has 0 aromatic rings. The van der Waals surface area contributed by atoms with Gasteiger partial charge in [0.05, 0.1) is 0 Å². The molecule has 0 amide bonds. The van der Waals surface area contributed by atoms with Gasteiger partial charge in [-0.2, -0.15) is 0 Å². The molecule has 1 aliphatic heterocycles. The minimum Gasteiger partial charge on any atom is -0.301 e. The van der Waals surface area contributed by atoms with Gasteiger partial charge in [-0.05, 0) is 25.9 Å². The van der Waals surface area contributed by atoms with Gasteiger partial charge in [0, 0.05) is 31.5 Å². The normalized spacial score (nSPS) is 20.1. The molecular weight excluding hydrogens is 240 g/mol. The molecule has 0 N–H and O–H groups in total. The molecule has 1 fully saturated rings. The predicted octanol–water partition coefficient (Wildman–Crippen LogP) is 2.19. The van der Waals surface area contributed by atoms with Crippen LogP contribution in [0.1, 0.15) is 26.2 Å². The van der Waals surface area contributed by atoms with Crippen LogP contribution < -0.4 is 0 Å². The van der Waals surface area contributed by atoms with Crippen LogP contribution in [0.4, 0.5) is 0 Å². The van der Waals surface area contributed by atoms with Crippen molar-refractivity contribution in [1.29, 1.82) is 0 Å². The highest BCUT2D eigenvalue weighted by atomic mass is 79.9. The summed E-state index contributed by atoms with van der Waals surface area (Å²) in [6, 6.07) is 0. The molecule has 1 saturated heterocycles. The van der Waals surface area contributed by atoms with Gasteiger partial charge in [-0.25, -0.2) is 0 Å². The first-order valence-electron chi connectivity index (χ1n) is 5.87. The lowest BCUT2D eigenvalue weighted by molar-refractivity contribution is 0.135. The Balaban J connectivity index is 1.98. The van der Waals surface area contributed by atoms with Gasteiger partial charge in [0.1, 0.15) is 0 Å². The van der Waals surface area contributed by atoms with Gasteiger partial charge in [0.25, 0.3) is 0 Å². The molecule has 0 radical (unpaired) electrons. The van der Waals surface area contributed by atoms with Crippen LogP contribution in [0.15, 0.2) is 0 Å². The molecule has 0 saturated carbocycles. The quantitative estimate of drug-likeness (QED) is 0.535. The zero-order valence-electron chi connectivity index (χ0n) is 9.34. The highest BCUT2D eigenvalue weighted by Gasteiger charge is 2.14. The molecule has 1 rings (SSSR count). The maximum atomic E-state index is 3.47. The molecule has 1 heterocycles. The molecule has 0 aromatic heterocycles. The van der Waals surface area contributed by atoms with Crippen molar-refractivity contribution in [3.8, 4) is 0 Å². The molecule has 1 aliphatic rings. The number of piperazine rings is 1. The number of halogens is 1. The van der Waals surface area contributed by atoms with E-state index in [2.05, 4.69) is 32.7 Å². The number of alkyl halides is 1. The molecular formula is C11H23BrN2. The number of rotatable bonds is 6. The zero-order valence-corrected chi connectivity index (χ0v) is 10.9. The second-order valence-electron chi connectivity index (χ2n) is 4.03. The van der Waals surface area contributed by atoms with E-state index in [0.29, 0.717) is 0 Å². The van der Waals surface area contributed by atoms with Crippen LogP contribution in [0.25, 0.3) is 0 Å². The van der Waals surface area contributed by atoms with Crippen LogP contribution in [-0.4, -0.2) is 54.4 Å². The van der Waals surface area contributed by atoms with Gasteiger partial charge in [-0.3, -0.25) is 0 Å². The van der Waals surface area contributed by atoms with E-state index in [1.54, 1.807) is 0 Å². The summed E-state index contributed by atoms with van der Waals surface area (Å²) in [5.74, 6) is 0. The smallest absolute Gasteiger partial charge is 0.0110 e. The van der Waals surface area contributed by atoms with Crippen LogP contribution in [0.5, 0.6) is 0 Å². The summed E-state index contributed by atoms with van der Waals surface area (Å²) in [5, 5.41) is 1.16. The SMILES string of the molecule is CCN1CCN(CCCCCBr)CC1. The Labute approximate surface area is 96.8 Å². The number of hydrogen-bond donors (Lipinski definition) is 0. The fourth-order valence-electron chi connectivity index (χ4n) is 1.94. The molecule has 84 valence electrons. The summed E-state index contributed by atoms with van der Waals surface area (Å²) < 4.78 is 0. The van der Waals surface area contributed by atoms with E-state index in [0.717, 1.165) is 5.33 Å². The monoisotopic (exact) mass is 262 g/mol. The number of hydrogen-bond acceptors (Lipinski definition) is 2. The molecule has 2 nitrogen and oxygen atoms in total. The first-order valence-corrected chi connectivity index (χ1v) is 6.99. The van der Waals surface area contributed by atoms with Gasteiger partial charge >= 0.3 is 0 Å². The topological polar surface area (TPSA) is 6.48 Å². The molecule has 14 heavy (non-hydrogen) atoms. The van der Waals surface area contributed by atoms with Gasteiger partial charge in [0.15, 0.2) is 0 Å². The van der Waals surface area contributed by atoms with Crippen LogP contribution in [0.3, 0.4) is 0 Å². The van der Waals surface area contributed by atoms with Crippen LogP contribution in [-0.2, 0) is 0 Å². The largest absolute Gasteiger partial charge is 0.301 e. The first-order chi connectivity index (χ1) is 6.86. The van der Waals surface area contributed by atoms with Crippen molar-refractivity contribution < 1.29 is 0 Å². The fourth-order valence-corrected chi connectivity index (χ4v) is 2.33. The van der Waals surface area contributed by atoms with Crippen molar-refractivity contribution in [2.45, 2.75) is 26.2 Å². The van der Waals surface area contributed by atoms with E-state index in [9.17, 15) is 0 Å². The zero-order chi connectivity index (χ0) is 10.2. The van der Waals surface area contributed by atoms with Crippen molar-refractivity contribution in [2.24, 2.45) is 0 Å². The van der Waals surface area contributed by atoms with Crippen molar-refractivity contribution in [3.05, 3.63) is 0 Å². The highest BCUT2D eigenvalue weighted by Crippen LogP contribution is 2.05. The van der Waals surface area contributed by atoms with Crippen molar-refractivity contribution in [3.63, 3.8) is 0 Å². The van der Waals surface area contributed by atoms with Crippen molar-refractivity contribution in [2.75, 3.05) is 44.6 Å². The second-order valence-corrected chi connectivity index (χ2v) is 4.82. The summed E-state index contributed by atoms with van der Waals surface area (Å²) in [6.45, 7) is 9.89. The molecule has 0 bridgehead atoms. The van der Waals surface area contributed by atoms with E-state index >= 15 is 0 Å². The molecule has 0 unspecified atom stereocenters. The third-order valence-electron chi connectivity index (χ3n) is 3.02. The second kappa shape index (κ2) is 7.66. The van der Waals surface area contributed by atoms with Gasteiger partial charge in [-0.15, -0.1) is 0 Å². The number of likely N-dealkylation sites (N-methyl/N-ethyl adjacent to an activating group) is 1. The predicted molar refractivity (Wildman–Crippen MR) is 66.2 cm³/mol. The first kappa shape index (κ1) is 12.5.